The third-order valence-corrected chi connectivity index (χ3v) is 5.83. The van der Waals surface area contributed by atoms with Crippen LogP contribution in [-0.2, 0) is 28.7 Å². The Hall–Kier alpha value is -4.18. The number of carbonyl (C=O) groups excluding carboxylic acids is 1. The van der Waals surface area contributed by atoms with Crippen LogP contribution < -0.4 is 16.6 Å². The molecule has 0 fully saturated rings. The van der Waals surface area contributed by atoms with Crippen molar-refractivity contribution in [1.29, 1.82) is 0 Å². The molecule has 10 heteroatoms. The van der Waals surface area contributed by atoms with E-state index in [1.165, 1.54) is 23.8 Å². The number of nitrogens with one attached hydrogen (secondary N) is 1. The van der Waals surface area contributed by atoms with Crippen molar-refractivity contribution in [2.75, 3.05) is 20.3 Å². The minimum absolute atomic E-state index is 0.108. The van der Waals surface area contributed by atoms with Crippen LogP contribution in [-0.4, -0.2) is 35.3 Å². The third-order valence-electron chi connectivity index (χ3n) is 5.83. The van der Waals surface area contributed by atoms with Crippen molar-refractivity contribution in [3.8, 4) is 5.69 Å². The normalized spacial score (nSPS) is 11.6. The Labute approximate surface area is 209 Å². The standard InChI is InChI=1S/C27H24F3N3O4/c1-37-14-13-31-24(34)16-18-9-11-21(12-10-18)33-25(35)22-7-2-3-8-23(22)32(26(33)36)17-19-5-4-6-20(15-19)27(28,29)30/h2-12,15H,13-14,16-17H2,1H3,(H,31,34). The monoisotopic (exact) mass is 511 g/mol. The number of rotatable bonds is 8. The Morgan fingerprint density at radius 1 is 0.946 bits per heavy atom. The summed E-state index contributed by atoms with van der Waals surface area (Å²) < 4.78 is 46.8. The summed E-state index contributed by atoms with van der Waals surface area (Å²) in [5, 5.41) is 2.96. The molecule has 7 nitrogen and oxygen atoms in total. The fraction of sp³-hybridized carbons (Fsp3) is 0.222. The Morgan fingerprint density at radius 2 is 1.68 bits per heavy atom. The zero-order chi connectivity index (χ0) is 26.6. The predicted octanol–water partition coefficient (Wildman–Crippen LogP) is 3.52. The minimum atomic E-state index is -4.52. The van der Waals surface area contributed by atoms with Crippen LogP contribution in [0.2, 0.25) is 0 Å². The number of ether oxygens (including phenoxy) is 1. The molecule has 1 amide bonds. The molecule has 0 radical (unpaired) electrons. The van der Waals surface area contributed by atoms with Crippen LogP contribution >= 0.6 is 0 Å². The molecule has 1 aromatic heterocycles. The largest absolute Gasteiger partial charge is 0.416 e. The molecule has 0 bridgehead atoms. The van der Waals surface area contributed by atoms with E-state index in [1.54, 1.807) is 48.5 Å². The summed E-state index contributed by atoms with van der Waals surface area (Å²) in [7, 11) is 1.53. The number of fused-ring (bicyclic) bond motifs is 1. The van der Waals surface area contributed by atoms with E-state index in [0.717, 1.165) is 16.7 Å². The molecule has 4 rings (SSSR count). The molecule has 37 heavy (non-hydrogen) atoms. The average Bonchev–Trinajstić information content (AvgIpc) is 2.87. The third kappa shape index (κ3) is 5.80. The van der Waals surface area contributed by atoms with Crippen LogP contribution in [0, 0.1) is 0 Å². The molecule has 4 aromatic rings. The van der Waals surface area contributed by atoms with Gasteiger partial charge in [0.05, 0.1) is 41.7 Å². The first-order chi connectivity index (χ1) is 17.7. The zero-order valence-electron chi connectivity index (χ0n) is 19.9. The van der Waals surface area contributed by atoms with E-state index >= 15 is 0 Å². The molecule has 3 aromatic carbocycles. The number of amides is 1. The van der Waals surface area contributed by atoms with E-state index in [0.29, 0.717) is 24.2 Å². The van der Waals surface area contributed by atoms with Gasteiger partial charge < -0.3 is 10.1 Å². The molecular formula is C27H24F3N3O4. The molecule has 0 unspecified atom stereocenters. The van der Waals surface area contributed by atoms with Gasteiger partial charge in [0, 0.05) is 13.7 Å². The number of hydrogen-bond acceptors (Lipinski definition) is 4. The van der Waals surface area contributed by atoms with Crippen molar-refractivity contribution in [1.82, 2.24) is 14.5 Å². The van der Waals surface area contributed by atoms with Gasteiger partial charge in [-0.2, -0.15) is 13.2 Å². The second-order valence-corrected chi connectivity index (χ2v) is 8.41. The lowest BCUT2D eigenvalue weighted by Gasteiger charge is -2.15. The first-order valence-corrected chi connectivity index (χ1v) is 11.4. The number of para-hydroxylation sites is 1. The van der Waals surface area contributed by atoms with Crippen molar-refractivity contribution in [3.63, 3.8) is 0 Å². The maximum absolute atomic E-state index is 13.5. The first kappa shape index (κ1) is 25.9. The first-order valence-electron chi connectivity index (χ1n) is 11.4. The summed E-state index contributed by atoms with van der Waals surface area (Å²) in [5.41, 5.74) is -0.522. The molecule has 0 saturated carbocycles. The number of benzene rings is 3. The Balaban J connectivity index is 1.73. The van der Waals surface area contributed by atoms with E-state index in [-0.39, 0.29) is 35.5 Å². The van der Waals surface area contributed by atoms with Crippen LogP contribution in [0.1, 0.15) is 16.7 Å². The number of hydrogen-bond donors (Lipinski definition) is 1. The van der Waals surface area contributed by atoms with Gasteiger partial charge in [0.15, 0.2) is 0 Å². The van der Waals surface area contributed by atoms with Crippen molar-refractivity contribution in [3.05, 3.63) is 110 Å². The fourth-order valence-corrected chi connectivity index (χ4v) is 4.03. The number of carbonyl (C=O) groups is 1. The molecule has 192 valence electrons. The molecule has 0 aliphatic carbocycles. The predicted molar refractivity (Wildman–Crippen MR) is 133 cm³/mol. The Morgan fingerprint density at radius 3 is 2.38 bits per heavy atom. The summed E-state index contributed by atoms with van der Waals surface area (Å²) in [5.74, 6) is -0.198. The zero-order valence-corrected chi connectivity index (χ0v) is 19.9. The highest BCUT2D eigenvalue weighted by Gasteiger charge is 2.30. The van der Waals surface area contributed by atoms with Gasteiger partial charge in [-0.25, -0.2) is 9.36 Å². The van der Waals surface area contributed by atoms with Gasteiger partial charge in [-0.1, -0.05) is 36.4 Å². The van der Waals surface area contributed by atoms with Crippen LogP contribution in [0.5, 0.6) is 0 Å². The van der Waals surface area contributed by atoms with Gasteiger partial charge in [0.25, 0.3) is 5.56 Å². The lowest BCUT2D eigenvalue weighted by molar-refractivity contribution is -0.137. The van der Waals surface area contributed by atoms with Crippen LogP contribution in [0.4, 0.5) is 13.2 Å². The van der Waals surface area contributed by atoms with Gasteiger partial charge in [0.2, 0.25) is 5.91 Å². The van der Waals surface area contributed by atoms with E-state index in [9.17, 15) is 27.6 Å². The number of alkyl halides is 3. The maximum Gasteiger partial charge on any atom is 0.416 e. The highest BCUT2D eigenvalue weighted by molar-refractivity contribution is 5.79. The van der Waals surface area contributed by atoms with Gasteiger partial charge in [-0.05, 0) is 47.5 Å². The molecule has 0 saturated heterocycles. The van der Waals surface area contributed by atoms with Crippen molar-refractivity contribution in [2.45, 2.75) is 19.1 Å². The second kappa shape index (κ2) is 10.8. The van der Waals surface area contributed by atoms with Gasteiger partial charge in [0.1, 0.15) is 0 Å². The smallest absolute Gasteiger partial charge is 0.383 e. The SMILES string of the molecule is COCCNC(=O)Cc1ccc(-n2c(=O)c3ccccc3n(Cc3cccc(C(F)(F)F)c3)c2=O)cc1. The molecule has 0 aliphatic heterocycles. The Bertz CT molecular complexity index is 1540. The van der Waals surface area contributed by atoms with E-state index in [1.807, 2.05) is 0 Å². The summed E-state index contributed by atoms with van der Waals surface area (Å²) in [6.07, 6.45) is -4.42. The molecular weight excluding hydrogens is 487 g/mol. The summed E-state index contributed by atoms with van der Waals surface area (Å²) >= 11 is 0. The van der Waals surface area contributed by atoms with Gasteiger partial charge in [-0.15, -0.1) is 0 Å². The maximum atomic E-state index is 13.5. The highest BCUT2D eigenvalue weighted by atomic mass is 19.4. The average molecular weight is 512 g/mol. The number of nitrogens with zero attached hydrogens (tertiary/aromatic N) is 2. The van der Waals surface area contributed by atoms with Crippen molar-refractivity contribution < 1.29 is 22.7 Å². The molecule has 1 heterocycles. The quantitative estimate of drug-likeness (QED) is 0.367. The Kier molecular flexibility index (Phi) is 7.58. The molecule has 0 spiro atoms. The molecule has 0 aliphatic rings. The van der Waals surface area contributed by atoms with Crippen molar-refractivity contribution >= 4 is 16.8 Å². The lowest BCUT2D eigenvalue weighted by atomic mass is 10.1. The van der Waals surface area contributed by atoms with E-state index in [4.69, 9.17) is 4.74 Å². The van der Waals surface area contributed by atoms with Gasteiger partial charge >= 0.3 is 11.9 Å². The van der Waals surface area contributed by atoms with Gasteiger partial charge in [-0.3, -0.25) is 14.2 Å². The lowest BCUT2D eigenvalue weighted by Crippen LogP contribution is -2.39. The number of methoxy groups -OCH3 is 1. The number of aromatic nitrogens is 2. The summed E-state index contributed by atoms with van der Waals surface area (Å²) in [6, 6.07) is 17.6. The van der Waals surface area contributed by atoms with E-state index < -0.39 is 23.0 Å². The second-order valence-electron chi connectivity index (χ2n) is 8.41. The summed E-state index contributed by atoms with van der Waals surface area (Å²) in [6.45, 7) is 0.608. The molecule has 1 N–H and O–H groups in total. The number of halogens is 3. The van der Waals surface area contributed by atoms with Crippen LogP contribution in [0.25, 0.3) is 16.6 Å². The van der Waals surface area contributed by atoms with E-state index in [2.05, 4.69) is 5.32 Å². The van der Waals surface area contributed by atoms with Crippen LogP contribution in [0.3, 0.4) is 0 Å². The molecule has 0 atom stereocenters. The fourth-order valence-electron chi connectivity index (χ4n) is 4.03. The highest BCUT2D eigenvalue weighted by Crippen LogP contribution is 2.29. The minimum Gasteiger partial charge on any atom is -0.383 e. The van der Waals surface area contributed by atoms with Crippen molar-refractivity contribution in [2.24, 2.45) is 0 Å². The topological polar surface area (TPSA) is 82.3 Å². The summed E-state index contributed by atoms with van der Waals surface area (Å²) in [4.78, 5) is 38.9. The van der Waals surface area contributed by atoms with Crippen LogP contribution in [0.15, 0.2) is 82.4 Å².